The lowest BCUT2D eigenvalue weighted by Crippen LogP contribution is -2.53. The number of alkyl halides is 3. The topological polar surface area (TPSA) is 86.8 Å². The number of benzene rings is 3. The zero-order valence-electron chi connectivity index (χ0n) is 23.7. The Hall–Kier alpha value is -3.28. The second kappa shape index (κ2) is 14.5. The van der Waals surface area contributed by atoms with Crippen LogP contribution in [0, 0.1) is 5.92 Å². The van der Waals surface area contributed by atoms with Crippen LogP contribution in [0.3, 0.4) is 0 Å². The lowest BCUT2D eigenvalue weighted by atomic mass is 10.0. The molecule has 0 radical (unpaired) electrons. The number of halogens is 5. The summed E-state index contributed by atoms with van der Waals surface area (Å²) in [5, 5.41) is 2.84. The number of amides is 2. The van der Waals surface area contributed by atoms with Gasteiger partial charge in [0.15, 0.2) is 0 Å². The summed E-state index contributed by atoms with van der Waals surface area (Å²) in [5.74, 6) is -1.24. The van der Waals surface area contributed by atoms with Gasteiger partial charge in [-0.3, -0.25) is 13.9 Å². The summed E-state index contributed by atoms with van der Waals surface area (Å²) >= 11 is 12.6. The van der Waals surface area contributed by atoms with Crippen LogP contribution in [-0.2, 0) is 38.8 Å². The van der Waals surface area contributed by atoms with Crippen molar-refractivity contribution in [2.75, 3.05) is 23.7 Å². The fourth-order valence-corrected chi connectivity index (χ4v) is 5.58. The van der Waals surface area contributed by atoms with E-state index < -0.39 is 51.9 Å². The van der Waals surface area contributed by atoms with E-state index in [2.05, 4.69) is 5.32 Å². The Balaban J connectivity index is 2.12. The SMILES string of the molecule is CC(C)CNC(=O)[C@@H](Cc1ccccc1)N(Cc1ccccc1Cl)C(=O)CN(c1cc(C(F)(F)F)ccc1Cl)S(C)(=O)=O. The molecule has 0 heterocycles. The highest BCUT2D eigenvalue weighted by molar-refractivity contribution is 7.92. The van der Waals surface area contributed by atoms with Gasteiger partial charge >= 0.3 is 6.18 Å². The highest BCUT2D eigenvalue weighted by Crippen LogP contribution is 2.36. The molecule has 1 atom stereocenters. The molecule has 0 fully saturated rings. The largest absolute Gasteiger partial charge is 0.416 e. The third-order valence-electron chi connectivity index (χ3n) is 6.48. The molecule has 0 unspecified atom stereocenters. The van der Waals surface area contributed by atoms with Crippen LogP contribution in [0.25, 0.3) is 0 Å². The van der Waals surface area contributed by atoms with Crippen LogP contribution in [0.15, 0.2) is 72.8 Å². The van der Waals surface area contributed by atoms with Gasteiger partial charge in [0.05, 0.1) is 22.5 Å². The molecule has 0 saturated heterocycles. The number of carbonyl (C=O) groups excluding carboxylic acids is 2. The molecule has 43 heavy (non-hydrogen) atoms. The molecule has 3 aromatic rings. The summed E-state index contributed by atoms with van der Waals surface area (Å²) in [7, 11) is -4.33. The van der Waals surface area contributed by atoms with Gasteiger partial charge in [0.2, 0.25) is 21.8 Å². The lowest BCUT2D eigenvalue weighted by Gasteiger charge is -2.34. The smallest absolute Gasteiger partial charge is 0.354 e. The molecule has 232 valence electrons. The molecule has 7 nitrogen and oxygen atoms in total. The summed E-state index contributed by atoms with van der Waals surface area (Å²) < 4.78 is 66.9. The van der Waals surface area contributed by atoms with E-state index in [1.54, 1.807) is 54.6 Å². The highest BCUT2D eigenvalue weighted by atomic mass is 35.5. The summed E-state index contributed by atoms with van der Waals surface area (Å²) in [6.07, 6.45) is -3.96. The monoisotopic (exact) mass is 657 g/mol. The van der Waals surface area contributed by atoms with Gasteiger partial charge < -0.3 is 10.2 Å². The van der Waals surface area contributed by atoms with E-state index in [0.717, 1.165) is 17.9 Å². The van der Waals surface area contributed by atoms with Crippen molar-refractivity contribution in [3.05, 3.63) is 99.5 Å². The maximum Gasteiger partial charge on any atom is 0.416 e. The molecular weight excluding hydrogens is 626 g/mol. The van der Waals surface area contributed by atoms with E-state index in [1.807, 2.05) is 13.8 Å². The fourth-order valence-electron chi connectivity index (χ4n) is 4.26. The van der Waals surface area contributed by atoms with Crippen molar-refractivity contribution in [1.29, 1.82) is 0 Å². The van der Waals surface area contributed by atoms with Crippen molar-refractivity contribution in [1.82, 2.24) is 10.2 Å². The second-order valence-electron chi connectivity index (χ2n) is 10.4. The van der Waals surface area contributed by atoms with E-state index in [4.69, 9.17) is 23.2 Å². The Bertz CT molecular complexity index is 1540. The minimum absolute atomic E-state index is 0.0736. The minimum atomic E-state index is -4.79. The van der Waals surface area contributed by atoms with E-state index >= 15 is 0 Å². The molecule has 0 saturated carbocycles. The number of hydrogen-bond acceptors (Lipinski definition) is 4. The Kier molecular flexibility index (Phi) is 11.5. The maximum absolute atomic E-state index is 14.1. The number of rotatable bonds is 12. The number of hydrogen-bond donors (Lipinski definition) is 1. The zero-order valence-corrected chi connectivity index (χ0v) is 26.1. The predicted molar refractivity (Wildman–Crippen MR) is 162 cm³/mol. The third kappa shape index (κ3) is 9.61. The maximum atomic E-state index is 14.1. The number of sulfonamides is 1. The summed E-state index contributed by atoms with van der Waals surface area (Å²) in [4.78, 5) is 28.9. The average molecular weight is 659 g/mol. The van der Waals surface area contributed by atoms with E-state index in [9.17, 15) is 31.2 Å². The second-order valence-corrected chi connectivity index (χ2v) is 13.1. The molecule has 0 bridgehead atoms. The van der Waals surface area contributed by atoms with Crippen molar-refractivity contribution in [2.24, 2.45) is 5.92 Å². The fraction of sp³-hybridized carbons (Fsp3) is 0.333. The lowest BCUT2D eigenvalue weighted by molar-refractivity contribution is -0.140. The van der Waals surface area contributed by atoms with Crippen molar-refractivity contribution in [2.45, 2.75) is 39.0 Å². The van der Waals surface area contributed by atoms with Gasteiger partial charge in [-0.2, -0.15) is 13.2 Å². The van der Waals surface area contributed by atoms with Gasteiger partial charge in [0.1, 0.15) is 12.6 Å². The van der Waals surface area contributed by atoms with Crippen LogP contribution in [0.2, 0.25) is 10.0 Å². The van der Waals surface area contributed by atoms with E-state index in [0.29, 0.717) is 33.6 Å². The Labute approximate surface area is 259 Å². The van der Waals surface area contributed by atoms with Gasteiger partial charge in [-0.1, -0.05) is 85.6 Å². The first-order chi connectivity index (χ1) is 20.1. The van der Waals surface area contributed by atoms with E-state index in [1.165, 1.54) is 4.90 Å². The minimum Gasteiger partial charge on any atom is -0.354 e. The molecule has 1 N–H and O–H groups in total. The van der Waals surface area contributed by atoms with Gasteiger partial charge in [0, 0.05) is 24.5 Å². The number of nitrogens with zero attached hydrogens (tertiary/aromatic N) is 2. The number of nitrogens with one attached hydrogen (secondary N) is 1. The van der Waals surface area contributed by atoms with Crippen LogP contribution in [0.4, 0.5) is 18.9 Å². The third-order valence-corrected chi connectivity index (χ3v) is 8.29. The first kappa shape index (κ1) is 34.2. The summed E-state index contributed by atoms with van der Waals surface area (Å²) in [5.41, 5.74) is -0.454. The van der Waals surface area contributed by atoms with Gasteiger partial charge in [0.25, 0.3) is 0 Å². The molecule has 0 aliphatic heterocycles. The van der Waals surface area contributed by atoms with Crippen molar-refractivity contribution < 1.29 is 31.2 Å². The Morgan fingerprint density at radius 1 is 0.930 bits per heavy atom. The van der Waals surface area contributed by atoms with Gasteiger partial charge in [-0.05, 0) is 41.3 Å². The summed E-state index contributed by atoms with van der Waals surface area (Å²) in [6.45, 7) is 3.02. The van der Waals surface area contributed by atoms with E-state index in [-0.39, 0.29) is 23.9 Å². The molecule has 0 aliphatic rings. The number of carbonyl (C=O) groups is 2. The van der Waals surface area contributed by atoms with Crippen LogP contribution in [0.5, 0.6) is 0 Å². The normalized spacial score (nSPS) is 12.6. The molecule has 2 amide bonds. The van der Waals surface area contributed by atoms with Crippen molar-refractivity contribution >= 4 is 50.7 Å². The molecule has 0 aliphatic carbocycles. The van der Waals surface area contributed by atoms with Crippen molar-refractivity contribution in [3.8, 4) is 0 Å². The molecule has 3 rings (SSSR count). The first-order valence-electron chi connectivity index (χ1n) is 13.3. The van der Waals surface area contributed by atoms with Crippen molar-refractivity contribution in [3.63, 3.8) is 0 Å². The predicted octanol–water partition coefficient (Wildman–Crippen LogP) is 6.19. The molecule has 0 spiro atoms. The van der Waals surface area contributed by atoms with Crippen LogP contribution in [0.1, 0.15) is 30.5 Å². The highest BCUT2D eigenvalue weighted by Gasteiger charge is 2.36. The Morgan fingerprint density at radius 3 is 2.14 bits per heavy atom. The molecule has 0 aromatic heterocycles. The van der Waals surface area contributed by atoms with Crippen LogP contribution < -0.4 is 9.62 Å². The zero-order chi connectivity index (χ0) is 31.9. The molecule has 3 aromatic carbocycles. The van der Waals surface area contributed by atoms with Gasteiger partial charge in [-0.25, -0.2) is 8.42 Å². The van der Waals surface area contributed by atoms with Crippen LogP contribution in [-0.4, -0.2) is 50.5 Å². The first-order valence-corrected chi connectivity index (χ1v) is 15.9. The number of anilines is 1. The average Bonchev–Trinajstić information content (AvgIpc) is 2.93. The summed E-state index contributed by atoms with van der Waals surface area (Å²) in [6, 6.07) is 16.7. The Morgan fingerprint density at radius 2 is 1.56 bits per heavy atom. The molecule has 13 heteroatoms. The standard InChI is InChI=1S/C30H32Cl2F3N3O4S/c1-20(2)17-36-29(40)27(15-21-9-5-4-6-10-21)37(18-22-11-7-8-12-24(22)31)28(39)19-38(43(3,41)42)26-16-23(30(33,34)35)13-14-25(26)32/h4-14,16,20,27H,15,17-19H2,1-3H3,(H,36,40)/t27-/m1/s1. The molecular formula is C30H32Cl2F3N3O4S. The van der Waals surface area contributed by atoms with Crippen LogP contribution >= 0.6 is 23.2 Å². The quantitative estimate of drug-likeness (QED) is 0.252. The van der Waals surface area contributed by atoms with Gasteiger partial charge in [-0.15, -0.1) is 0 Å².